The van der Waals surface area contributed by atoms with Crippen molar-refractivity contribution in [1.82, 2.24) is 5.32 Å². The summed E-state index contributed by atoms with van der Waals surface area (Å²) >= 11 is 6.31. The van der Waals surface area contributed by atoms with Crippen LogP contribution in [-0.4, -0.2) is 6.54 Å². The number of nitrogens with one attached hydrogen (secondary N) is 1. The van der Waals surface area contributed by atoms with Crippen LogP contribution in [0.2, 0.25) is 5.02 Å². The molecule has 1 aromatic carbocycles. The molecule has 0 spiro atoms. The van der Waals surface area contributed by atoms with Gasteiger partial charge in [-0.25, -0.2) is 4.39 Å². The zero-order valence-corrected chi connectivity index (χ0v) is 14.0. The summed E-state index contributed by atoms with van der Waals surface area (Å²) in [6.07, 6.45) is 8.93. The van der Waals surface area contributed by atoms with Gasteiger partial charge in [0.15, 0.2) is 0 Å². The van der Waals surface area contributed by atoms with Crippen molar-refractivity contribution in [1.29, 1.82) is 0 Å². The fourth-order valence-electron chi connectivity index (χ4n) is 3.34. The minimum Gasteiger partial charge on any atom is -0.310 e. The molecule has 1 nitrogen and oxygen atoms in total. The average Bonchev–Trinajstić information content (AvgIpc) is 2.48. The van der Waals surface area contributed by atoms with Gasteiger partial charge in [0.1, 0.15) is 5.82 Å². The maximum absolute atomic E-state index is 13.6. The average molecular weight is 312 g/mol. The van der Waals surface area contributed by atoms with Gasteiger partial charge in [-0.05, 0) is 49.4 Å². The van der Waals surface area contributed by atoms with Gasteiger partial charge < -0.3 is 5.32 Å². The number of benzene rings is 1. The molecule has 21 heavy (non-hydrogen) atoms. The van der Waals surface area contributed by atoms with Crippen LogP contribution in [0.15, 0.2) is 12.1 Å². The minimum absolute atomic E-state index is 0.212. The normalized spacial score (nSPS) is 17.9. The maximum Gasteiger partial charge on any atom is 0.127 e. The first-order chi connectivity index (χ1) is 10.1. The monoisotopic (exact) mass is 311 g/mol. The van der Waals surface area contributed by atoms with Gasteiger partial charge in [-0.3, -0.25) is 0 Å². The van der Waals surface area contributed by atoms with Crippen LogP contribution in [0.5, 0.6) is 0 Å². The lowest BCUT2D eigenvalue weighted by Crippen LogP contribution is -2.25. The van der Waals surface area contributed by atoms with Gasteiger partial charge in [0.05, 0.1) is 0 Å². The molecule has 1 aromatic rings. The first-order valence-electron chi connectivity index (χ1n) is 8.30. The van der Waals surface area contributed by atoms with E-state index in [0.717, 1.165) is 30.9 Å². The van der Waals surface area contributed by atoms with Crippen LogP contribution in [0, 0.1) is 18.7 Å². The van der Waals surface area contributed by atoms with Crippen molar-refractivity contribution in [3.63, 3.8) is 0 Å². The number of aryl methyl sites for hydroxylation is 1. The number of hydrogen-bond donors (Lipinski definition) is 1. The van der Waals surface area contributed by atoms with E-state index in [0.29, 0.717) is 10.6 Å². The second-order valence-electron chi connectivity index (χ2n) is 6.37. The highest BCUT2D eigenvalue weighted by atomic mass is 35.5. The van der Waals surface area contributed by atoms with Crippen LogP contribution in [0.3, 0.4) is 0 Å². The summed E-state index contributed by atoms with van der Waals surface area (Å²) in [6, 6.07) is 3.64. The minimum atomic E-state index is -0.212. The predicted octanol–water partition coefficient (Wildman–Crippen LogP) is 5.80. The van der Waals surface area contributed by atoms with Gasteiger partial charge in [0, 0.05) is 11.1 Å². The van der Waals surface area contributed by atoms with Crippen LogP contribution in [-0.2, 0) is 0 Å². The van der Waals surface area contributed by atoms with Crippen molar-refractivity contribution in [3.05, 3.63) is 34.1 Å². The summed E-state index contributed by atoms with van der Waals surface area (Å²) in [7, 11) is 0. The fourth-order valence-corrected chi connectivity index (χ4v) is 3.62. The number of rotatable bonds is 6. The molecule has 0 bridgehead atoms. The van der Waals surface area contributed by atoms with Crippen LogP contribution < -0.4 is 5.32 Å². The smallest absolute Gasteiger partial charge is 0.127 e. The van der Waals surface area contributed by atoms with Gasteiger partial charge in [0.25, 0.3) is 0 Å². The van der Waals surface area contributed by atoms with Gasteiger partial charge in [0.2, 0.25) is 0 Å². The van der Waals surface area contributed by atoms with E-state index in [9.17, 15) is 4.39 Å². The SMILES string of the molecule is CCCNC(CC1CCCCC1)c1cc(C)c(F)cc1Cl. The third kappa shape index (κ3) is 4.69. The zero-order valence-electron chi connectivity index (χ0n) is 13.2. The first kappa shape index (κ1) is 16.8. The molecule has 1 unspecified atom stereocenters. The molecule has 0 aromatic heterocycles. The summed E-state index contributed by atoms with van der Waals surface area (Å²) in [5.41, 5.74) is 1.75. The molecule has 0 radical (unpaired) electrons. The Hall–Kier alpha value is -0.600. The Kier molecular flexibility index (Phi) is 6.50. The molecule has 3 heteroatoms. The highest BCUT2D eigenvalue weighted by molar-refractivity contribution is 6.31. The van der Waals surface area contributed by atoms with Crippen molar-refractivity contribution in [2.24, 2.45) is 5.92 Å². The summed E-state index contributed by atoms with van der Waals surface area (Å²) < 4.78 is 13.6. The Balaban J connectivity index is 2.16. The lowest BCUT2D eigenvalue weighted by Gasteiger charge is -2.28. The molecule has 0 heterocycles. The number of halogens is 2. The van der Waals surface area contributed by atoms with Crippen molar-refractivity contribution in [2.75, 3.05) is 6.54 Å². The van der Waals surface area contributed by atoms with Crippen molar-refractivity contribution >= 4 is 11.6 Å². The first-order valence-corrected chi connectivity index (χ1v) is 8.68. The lowest BCUT2D eigenvalue weighted by molar-refractivity contribution is 0.300. The molecule has 118 valence electrons. The number of hydrogen-bond acceptors (Lipinski definition) is 1. The Morgan fingerprint density at radius 3 is 2.67 bits per heavy atom. The Morgan fingerprint density at radius 1 is 1.29 bits per heavy atom. The molecule has 0 amide bonds. The van der Waals surface area contributed by atoms with E-state index >= 15 is 0 Å². The molecule has 1 saturated carbocycles. The molecule has 0 aliphatic heterocycles. The zero-order chi connectivity index (χ0) is 15.2. The van der Waals surface area contributed by atoms with Crippen LogP contribution in [0.1, 0.15) is 69.0 Å². The van der Waals surface area contributed by atoms with Gasteiger partial charge in [-0.1, -0.05) is 56.7 Å². The standard InChI is InChI=1S/C18H27ClFN/c1-3-9-21-18(11-14-7-5-4-6-8-14)15-10-13(2)17(20)12-16(15)19/h10,12,14,18,21H,3-9,11H2,1-2H3. The quantitative estimate of drug-likeness (QED) is 0.700. The Bertz CT molecular complexity index is 455. The molecule has 1 N–H and O–H groups in total. The topological polar surface area (TPSA) is 12.0 Å². The van der Waals surface area contributed by atoms with Gasteiger partial charge in [-0.15, -0.1) is 0 Å². The Labute approximate surface area is 133 Å². The molecular formula is C18H27ClFN. The third-order valence-corrected chi connectivity index (χ3v) is 4.92. The van der Waals surface area contributed by atoms with E-state index in [-0.39, 0.29) is 11.9 Å². The van der Waals surface area contributed by atoms with Crippen molar-refractivity contribution in [3.8, 4) is 0 Å². The summed E-state index contributed by atoms with van der Waals surface area (Å²) in [4.78, 5) is 0. The van der Waals surface area contributed by atoms with Crippen LogP contribution >= 0.6 is 11.6 Å². The molecular weight excluding hydrogens is 285 g/mol. The van der Waals surface area contributed by atoms with E-state index < -0.39 is 0 Å². The van der Waals surface area contributed by atoms with Crippen molar-refractivity contribution in [2.45, 2.75) is 64.8 Å². The largest absolute Gasteiger partial charge is 0.310 e. The summed E-state index contributed by atoms with van der Waals surface area (Å²) in [5, 5.41) is 4.17. The predicted molar refractivity (Wildman–Crippen MR) is 88.4 cm³/mol. The highest BCUT2D eigenvalue weighted by Gasteiger charge is 2.22. The highest BCUT2D eigenvalue weighted by Crippen LogP contribution is 2.35. The fraction of sp³-hybridized carbons (Fsp3) is 0.667. The van der Waals surface area contributed by atoms with Crippen LogP contribution in [0.4, 0.5) is 4.39 Å². The third-order valence-electron chi connectivity index (χ3n) is 4.59. The summed E-state index contributed by atoms with van der Waals surface area (Å²) in [6.45, 7) is 4.96. The van der Waals surface area contributed by atoms with Crippen molar-refractivity contribution < 1.29 is 4.39 Å². The van der Waals surface area contributed by atoms with E-state index in [4.69, 9.17) is 11.6 Å². The van der Waals surface area contributed by atoms with E-state index in [1.807, 2.05) is 13.0 Å². The summed E-state index contributed by atoms with van der Waals surface area (Å²) in [5.74, 6) is 0.560. The molecule has 2 rings (SSSR count). The van der Waals surface area contributed by atoms with Crippen LogP contribution in [0.25, 0.3) is 0 Å². The van der Waals surface area contributed by atoms with E-state index in [2.05, 4.69) is 12.2 Å². The molecule has 1 aliphatic rings. The molecule has 1 atom stereocenters. The second kappa shape index (κ2) is 8.14. The lowest BCUT2D eigenvalue weighted by atomic mass is 9.83. The molecule has 1 fully saturated rings. The Morgan fingerprint density at radius 2 is 2.00 bits per heavy atom. The van der Waals surface area contributed by atoms with E-state index in [1.54, 1.807) is 0 Å². The van der Waals surface area contributed by atoms with E-state index in [1.165, 1.54) is 38.2 Å². The van der Waals surface area contributed by atoms with Gasteiger partial charge >= 0.3 is 0 Å². The second-order valence-corrected chi connectivity index (χ2v) is 6.78. The molecule has 0 saturated heterocycles. The van der Waals surface area contributed by atoms with Gasteiger partial charge in [-0.2, -0.15) is 0 Å². The molecule has 1 aliphatic carbocycles. The maximum atomic E-state index is 13.6.